The standard InChI is InChI=1S/C19H13Cl2F2N3O2/c20-13-8-12(22)3-1-11(13)9-26-16(5-6-17(26)27)19-24-18(25-28-19)10-2-4-15(23)14(21)7-10/h1-4,7-8,16H,5-6,9H2. The minimum absolute atomic E-state index is 0.0486. The third-order valence-electron chi connectivity index (χ3n) is 4.59. The fourth-order valence-electron chi connectivity index (χ4n) is 3.15. The summed E-state index contributed by atoms with van der Waals surface area (Å²) in [6.45, 7) is 0.197. The molecule has 1 unspecified atom stereocenters. The summed E-state index contributed by atoms with van der Waals surface area (Å²) < 4.78 is 32.0. The van der Waals surface area contributed by atoms with Crippen LogP contribution in [-0.2, 0) is 11.3 Å². The summed E-state index contributed by atoms with van der Waals surface area (Å²) >= 11 is 11.9. The monoisotopic (exact) mass is 423 g/mol. The van der Waals surface area contributed by atoms with Crippen molar-refractivity contribution in [2.24, 2.45) is 0 Å². The van der Waals surface area contributed by atoms with Crippen LogP contribution < -0.4 is 0 Å². The Bertz CT molecular complexity index is 1060. The van der Waals surface area contributed by atoms with Crippen molar-refractivity contribution in [1.82, 2.24) is 15.0 Å². The zero-order valence-electron chi connectivity index (χ0n) is 14.3. The second-order valence-electron chi connectivity index (χ2n) is 6.40. The van der Waals surface area contributed by atoms with Crippen molar-refractivity contribution in [3.05, 3.63) is 69.5 Å². The van der Waals surface area contributed by atoms with E-state index in [1.54, 1.807) is 11.0 Å². The molecule has 0 spiro atoms. The molecule has 2 aromatic carbocycles. The molecule has 1 aliphatic heterocycles. The third-order valence-corrected chi connectivity index (χ3v) is 5.23. The van der Waals surface area contributed by atoms with Crippen LogP contribution in [0.4, 0.5) is 8.78 Å². The number of benzene rings is 2. The van der Waals surface area contributed by atoms with Crippen LogP contribution in [0, 0.1) is 11.6 Å². The highest BCUT2D eigenvalue weighted by Crippen LogP contribution is 2.35. The number of nitrogens with zero attached hydrogens (tertiary/aromatic N) is 3. The van der Waals surface area contributed by atoms with E-state index < -0.39 is 17.7 Å². The Kier molecular flexibility index (Phi) is 5.03. The average Bonchev–Trinajstić information content (AvgIpc) is 3.27. The zero-order valence-corrected chi connectivity index (χ0v) is 15.8. The van der Waals surface area contributed by atoms with E-state index in [0.29, 0.717) is 24.0 Å². The average molecular weight is 424 g/mol. The Labute approximate surface area is 168 Å². The van der Waals surface area contributed by atoms with E-state index in [4.69, 9.17) is 27.7 Å². The van der Waals surface area contributed by atoms with Crippen molar-refractivity contribution < 1.29 is 18.1 Å². The van der Waals surface area contributed by atoms with E-state index in [1.165, 1.54) is 30.3 Å². The van der Waals surface area contributed by atoms with Gasteiger partial charge in [0.1, 0.15) is 17.7 Å². The quantitative estimate of drug-likeness (QED) is 0.579. The molecule has 0 saturated carbocycles. The van der Waals surface area contributed by atoms with Gasteiger partial charge in [0, 0.05) is 23.6 Å². The number of carbonyl (C=O) groups excluding carboxylic acids is 1. The third kappa shape index (κ3) is 3.59. The second kappa shape index (κ2) is 7.48. The van der Waals surface area contributed by atoms with Gasteiger partial charge < -0.3 is 9.42 Å². The summed E-state index contributed by atoms with van der Waals surface area (Å²) in [5.74, 6) is -0.569. The Balaban J connectivity index is 1.60. The first-order chi connectivity index (χ1) is 13.4. The Morgan fingerprint density at radius 2 is 1.96 bits per heavy atom. The lowest BCUT2D eigenvalue weighted by Crippen LogP contribution is -2.27. The van der Waals surface area contributed by atoms with Crippen LogP contribution in [-0.4, -0.2) is 20.9 Å². The first-order valence-electron chi connectivity index (χ1n) is 8.45. The summed E-state index contributed by atoms with van der Waals surface area (Å²) in [7, 11) is 0. The lowest BCUT2D eigenvalue weighted by Gasteiger charge is -2.22. The predicted molar refractivity (Wildman–Crippen MR) is 98.6 cm³/mol. The van der Waals surface area contributed by atoms with Gasteiger partial charge in [-0.15, -0.1) is 0 Å². The molecule has 0 aliphatic carbocycles. The molecular weight excluding hydrogens is 411 g/mol. The molecule has 0 bridgehead atoms. The predicted octanol–water partition coefficient (Wildman–Crippen LogP) is 5.19. The molecule has 0 radical (unpaired) electrons. The molecule has 1 saturated heterocycles. The maximum Gasteiger partial charge on any atom is 0.249 e. The lowest BCUT2D eigenvalue weighted by atomic mass is 10.1. The SMILES string of the molecule is O=C1CCC(c2nc(-c3ccc(F)c(Cl)c3)no2)N1Cc1ccc(F)cc1Cl. The number of halogens is 4. The molecule has 4 rings (SSSR count). The fourth-order valence-corrected chi connectivity index (χ4v) is 3.55. The molecule has 2 heterocycles. The Morgan fingerprint density at radius 1 is 1.14 bits per heavy atom. The molecule has 1 fully saturated rings. The van der Waals surface area contributed by atoms with Crippen LogP contribution in [0.25, 0.3) is 11.4 Å². The van der Waals surface area contributed by atoms with E-state index in [1.807, 2.05) is 0 Å². The van der Waals surface area contributed by atoms with E-state index in [2.05, 4.69) is 10.1 Å². The molecule has 1 aliphatic rings. The largest absolute Gasteiger partial charge is 0.337 e. The Morgan fingerprint density at radius 3 is 2.71 bits per heavy atom. The van der Waals surface area contributed by atoms with Crippen molar-refractivity contribution in [3.63, 3.8) is 0 Å². The Hall–Kier alpha value is -2.51. The summed E-state index contributed by atoms with van der Waals surface area (Å²) in [5.41, 5.74) is 1.12. The molecular formula is C19H13Cl2F2N3O2. The number of hydrogen-bond donors (Lipinski definition) is 0. The van der Waals surface area contributed by atoms with Crippen molar-refractivity contribution >= 4 is 29.1 Å². The van der Waals surface area contributed by atoms with Gasteiger partial charge in [-0.3, -0.25) is 4.79 Å². The van der Waals surface area contributed by atoms with E-state index >= 15 is 0 Å². The van der Waals surface area contributed by atoms with Gasteiger partial charge >= 0.3 is 0 Å². The highest BCUT2D eigenvalue weighted by atomic mass is 35.5. The first kappa shape index (κ1) is 18.8. The van der Waals surface area contributed by atoms with Crippen molar-refractivity contribution in [1.29, 1.82) is 0 Å². The molecule has 0 N–H and O–H groups in total. The molecule has 28 heavy (non-hydrogen) atoms. The van der Waals surface area contributed by atoms with Gasteiger partial charge in [0.25, 0.3) is 0 Å². The molecule has 5 nitrogen and oxygen atoms in total. The first-order valence-corrected chi connectivity index (χ1v) is 9.20. The molecule has 9 heteroatoms. The van der Waals surface area contributed by atoms with Gasteiger partial charge in [-0.1, -0.05) is 34.4 Å². The second-order valence-corrected chi connectivity index (χ2v) is 7.21. The normalized spacial score (nSPS) is 16.8. The van der Waals surface area contributed by atoms with Gasteiger partial charge in [0.2, 0.25) is 17.6 Å². The fraction of sp³-hybridized carbons (Fsp3) is 0.211. The molecule has 144 valence electrons. The van der Waals surface area contributed by atoms with Crippen LogP contribution in [0.3, 0.4) is 0 Å². The summed E-state index contributed by atoms with van der Waals surface area (Å²) in [6.07, 6.45) is 0.826. The number of likely N-dealkylation sites (tertiary alicyclic amines) is 1. The number of aromatic nitrogens is 2. The molecule has 1 atom stereocenters. The van der Waals surface area contributed by atoms with Crippen molar-refractivity contribution in [3.8, 4) is 11.4 Å². The maximum atomic E-state index is 13.3. The summed E-state index contributed by atoms with van der Waals surface area (Å²) in [6, 6.07) is 7.73. The molecule has 1 amide bonds. The minimum Gasteiger partial charge on any atom is -0.337 e. The van der Waals surface area contributed by atoms with Crippen LogP contribution in [0.1, 0.15) is 30.3 Å². The van der Waals surface area contributed by atoms with Crippen LogP contribution in [0.5, 0.6) is 0 Å². The lowest BCUT2D eigenvalue weighted by molar-refractivity contribution is -0.129. The number of hydrogen-bond acceptors (Lipinski definition) is 4. The van der Waals surface area contributed by atoms with Crippen LogP contribution in [0.15, 0.2) is 40.9 Å². The number of amides is 1. The van der Waals surface area contributed by atoms with E-state index in [-0.39, 0.29) is 34.2 Å². The summed E-state index contributed by atoms with van der Waals surface area (Å²) in [5, 5.41) is 4.11. The van der Waals surface area contributed by atoms with Gasteiger partial charge in [-0.2, -0.15) is 4.98 Å². The number of carbonyl (C=O) groups is 1. The van der Waals surface area contributed by atoms with Gasteiger partial charge in [-0.05, 0) is 42.3 Å². The summed E-state index contributed by atoms with van der Waals surface area (Å²) in [4.78, 5) is 18.3. The maximum absolute atomic E-state index is 13.3. The molecule has 1 aromatic heterocycles. The van der Waals surface area contributed by atoms with Crippen LogP contribution in [0.2, 0.25) is 10.0 Å². The zero-order chi connectivity index (χ0) is 19.8. The minimum atomic E-state index is -0.544. The van der Waals surface area contributed by atoms with Crippen molar-refractivity contribution in [2.45, 2.75) is 25.4 Å². The van der Waals surface area contributed by atoms with Crippen LogP contribution >= 0.6 is 23.2 Å². The van der Waals surface area contributed by atoms with Gasteiger partial charge in [0.05, 0.1) is 5.02 Å². The van der Waals surface area contributed by atoms with Gasteiger partial charge in [-0.25, -0.2) is 8.78 Å². The van der Waals surface area contributed by atoms with E-state index in [0.717, 1.165) is 0 Å². The molecule has 3 aromatic rings. The number of rotatable bonds is 4. The van der Waals surface area contributed by atoms with E-state index in [9.17, 15) is 13.6 Å². The highest BCUT2D eigenvalue weighted by Gasteiger charge is 2.36. The van der Waals surface area contributed by atoms with Crippen molar-refractivity contribution in [2.75, 3.05) is 0 Å². The van der Waals surface area contributed by atoms with Gasteiger partial charge in [0.15, 0.2) is 0 Å². The topological polar surface area (TPSA) is 59.2 Å². The highest BCUT2D eigenvalue weighted by molar-refractivity contribution is 6.31. The smallest absolute Gasteiger partial charge is 0.249 e.